The van der Waals surface area contributed by atoms with Crippen LogP contribution in [0, 0.1) is 0 Å². The molecule has 0 fully saturated rings. The first-order valence-corrected chi connectivity index (χ1v) is 8.62. The van der Waals surface area contributed by atoms with Gasteiger partial charge in [0.1, 0.15) is 0 Å². The van der Waals surface area contributed by atoms with E-state index >= 15 is 0 Å². The van der Waals surface area contributed by atoms with Gasteiger partial charge < -0.3 is 0 Å². The maximum Gasteiger partial charge on any atom is 0.0306 e. The zero-order chi connectivity index (χ0) is 13.5. The first kappa shape index (κ1) is 14.9. The third kappa shape index (κ3) is 4.23. The van der Waals surface area contributed by atoms with Gasteiger partial charge in [-0.15, -0.1) is 0 Å². The molecule has 0 saturated carbocycles. The standard InChI is InChI=1S/C16H26N2S/c1-2-10-19-12-15(18-17)11-14-8-5-7-13-6-3-4-9-16(13)14/h3-4,6,9,14-15,18H,2,5,7-8,10-12,17H2,1H3. The Morgan fingerprint density at radius 3 is 3.05 bits per heavy atom. The Hall–Kier alpha value is -0.510. The van der Waals surface area contributed by atoms with Gasteiger partial charge in [-0.3, -0.25) is 11.3 Å². The SMILES string of the molecule is CCCSCC(CC1CCCc2ccccc21)NN. The summed E-state index contributed by atoms with van der Waals surface area (Å²) in [5.41, 5.74) is 6.13. The molecule has 2 rings (SSSR count). The molecule has 2 atom stereocenters. The molecule has 0 aromatic heterocycles. The van der Waals surface area contributed by atoms with Gasteiger partial charge in [0, 0.05) is 11.8 Å². The van der Waals surface area contributed by atoms with Crippen LogP contribution in [0.3, 0.4) is 0 Å². The molecule has 0 heterocycles. The van der Waals surface area contributed by atoms with Crippen molar-refractivity contribution in [3.63, 3.8) is 0 Å². The summed E-state index contributed by atoms with van der Waals surface area (Å²) in [5, 5.41) is 0. The minimum Gasteiger partial charge on any atom is -0.271 e. The number of rotatable bonds is 7. The van der Waals surface area contributed by atoms with Crippen LogP contribution < -0.4 is 11.3 Å². The van der Waals surface area contributed by atoms with Crippen molar-refractivity contribution in [1.29, 1.82) is 0 Å². The molecular weight excluding hydrogens is 252 g/mol. The fourth-order valence-corrected chi connectivity index (χ4v) is 3.97. The van der Waals surface area contributed by atoms with Crippen molar-refractivity contribution in [2.24, 2.45) is 5.84 Å². The number of aryl methyl sites for hydroxylation is 1. The smallest absolute Gasteiger partial charge is 0.0306 e. The molecule has 0 aliphatic heterocycles. The second kappa shape index (κ2) is 7.93. The van der Waals surface area contributed by atoms with Gasteiger partial charge in [0.2, 0.25) is 0 Å². The van der Waals surface area contributed by atoms with Gasteiger partial charge in [-0.1, -0.05) is 31.2 Å². The van der Waals surface area contributed by atoms with Crippen LogP contribution >= 0.6 is 11.8 Å². The Kier molecular flexibility index (Phi) is 6.21. The fourth-order valence-electron chi connectivity index (χ4n) is 3.00. The number of nitrogens with two attached hydrogens (primary N) is 1. The number of hydrazine groups is 1. The lowest BCUT2D eigenvalue weighted by Crippen LogP contribution is -2.38. The van der Waals surface area contributed by atoms with Crippen LogP contribution in [0.2, 0.25) is 0 Å². The lowest BCUT2D eigenvalue weighted by Gasteiger charge is -2.28. The van der Waals surface area contributed by atoms with E-state index in [1.165, 1.54) is 37.9 Å². The first-order chi connectivity index (χ1) is 9.35. The van der Waals surface area contributed by atoms with E-state index < -0.39 is 0 Å². The zero-order valence-corrected chi connectivity index (χ0v) is 12.7. The highest BCUT2D eigenvalue weighted by molar-refractivity contribution is 7.99. The highest BCUT2D eigenvalue weighted by Crippen LogP contribution is 2.34. The van der Waals surface area contributed by atoms with E-state index in [0.717, 1.165) is 5.75 Å². The molecule has 1 aliphatic carbocycles. The molecule has 1 aromatic rings. The molecular formula is C16H26N2S. The largest absolute Gasteiger partial charge is 0.271 e. The van der Waals surface area contributed by atoms with Gasteiger partial charge in [-0.05, 0) is 54.9 Å². The Morgan fingerprint density at radius 2 is 2.26 bits per heavy atom. The summed E-state index contributed by atoms with van der Waals surface area (Å²) in [4.78, 5) is 0. The summed E-state index contributed by atoms with van der Waals surface area (Å²) < 4.78 is 0. The van der Waals surface area contributed by atoms with Gasteiger partial charge in [0.25, 0.3) is 0 Å². The number of nitrogens with one attached hydrogen (secondary N) is 1. The molecule has 3 heteroatoms. The molecule has 0 radical (unpaired) electrons. The summed E-state index contributed by atoms with van der Waals surface area (Å²) in [6.45, 7) is 2.23. The topological polar surface area (TPSA) is 38.0 Å². The van der Waals surface area contributed by atoms with Crippen LogP contribution in [0.25, 0.3) is 0 Å². The van der Waals surface area contributed by atoms with E-state index in [1.54, 1.807) is 11.1 Å². The van der Waals surface area contributed by atoms with Crippen LogP contribution in [-0.4, -0.2) is 17.5 Å². The van der Waals surface area contributed by atoms with Crippen molar-refractivity contribution in [3.05, 3.63) is 35.4 Å². The Balaban J connectivity index is 1.94. The summed E-state index contributed by atoms with van der Waals surface area (Å²) in [7, 11) is 0. The predicted octanol–water partition coefficient (Wildman–Crippen LogP) is 3.47. The van der Waals surface area contributed by atoms with E-state index in [9.17, 15) is 0 Å². The molecule has 0 amide bonds. The van der Waals surface area contributed by atoms with E-state index in [4.69, 9.17) is 5.84 Å². The van der Waals surface area contributed by atoms with E-state index in [2.05, 4.69) is 36.6 Å². The van der Waals surface area contributed by atoms with Crippen molar-refractivity contribution in [1.82, 2.24) is 5.43 Å². The molecule has 2 nitrogen and oxygen atoms in total. The summed E-state index contributed by atoms with van der Waals surface area (Å²) in [6.07, 6.45) is 6.30. The third-order valence-electron chi connectivity index (χ3n) is 3.97. The highest BCUT2D eigenvalue weighted by atomic mass is 32.2. The van der Waals surface area contributed by atoms with Gasteiger partial charge in [0.05, 0.1) is 0 Å². The zero-order valence-electron chi connectivity index (χ0n) is 11.9. The van der Waals surface area contributed by atoms with Gasteiger partial charge in [-0.25, -0.2) is 0 Å². The number of fused-ring (bicyclic) bond motifs is 1. The van der Waals surface area contributed by atoms with Crippen molar-refractivity contribution in [2.45, 2.75) is 51.0 Å². The quantitative estimate of drug-likeness (QED) is 0.455. The Labute approximate surface area is 121 Å². The monoisotopic (exact) mass is 278 g/mol. The van der Waals surface area contributed by atoms with Crippen LogP contribution in [0.5, 0.6) is 0 Å². The van der Waals surface area contributed by atoms with E-state index in [-0.39, 0.29) is 0 Å². The lowest BCUT2D eigenvalue weighted by atomic mass is 9.80. The van der Waals surface area contributed by atoms with E-state index in [1.807, 2.05) is 11.8 Å². The summed E-state index contributed by atoms with van der Waals surface area (Å²) >= 11 is 2.01. The van der Waals surface area contributed by atoms with Gasteiger partial charge in [0.15, 0.2) is 0 Å². The van der Waals surface area contributed by atoms with E-state index in [0.29, 0.717) is 12.0 Å². The Bertz CT molecular complexity index is 381. The molecule has 106 valence electrons. The fraction of sp³-hybridized carbons (Fsp3) is 0.625. The molecule has 0 spiro atoms. The van der Waals surface area contributed by atoms with Crippen LogP contribution in [0.4, 0.5) is 0 Å². The van der Waals surface area contributed by atoms with Crippen molar-refractivity contribution < 1.29 is 0 Å². The van der Waals surface area contributed by atoms with Crippen molar-refractivity contribution in [3.8, 4) is 0 Å². The minimum absolute atomic E-state index is 0.438. The number of hydrogen-bond acceptors (Lipinski definition) is 3. The number of benzene rings is 1. The molecule has 0 saturated heterocycles. The van der Waals surface area contributed by atoms with Gasteiger partial charge >= 0.3 is 0 Å². The summed E-state index contributed by atoms with van der Waals surface area (Å²) in [6, 6.07) is 9.38. The summed E-state index contributed by atoms with van der Waals surface area (Å²) in [5.74, 6) is 8.78. The van der Waals surface area contributed by atoms with Crippen molar-refractivity contribution >= 4 is 11.8 Å². The van der Waals surface area contributed by atoms with Gasteiger partial charge in [-0.2, -0.15) is 11.8 Å². The van der Waals surface area contributed by atoms with Crippen LogP contribution in [0.15, 0.2) is 24.3 Å². The second-order valence-corrected chi connectivity index (χ2v) is 6.61. The number of thioether (sulfide) groups is 1. The van der Waals surface area contributed by atoms with Crippen LogP contribution in [0.1, 0.15) is 49.7 Å². The van der Waals surface area contributed by atoms with Crippen LogP contribution in [-0.2, 0) is 6.42 Å². The van der Waals surface area contributed by atoms with Crippen molar-refractivity contribution in [2.75, 3.05) is 11.5 Å². The highest BCUT2D eigenvalue weighted by Gasteiger charge is 2.22. The lowest BCUT2D eigenvalue weighted by molar-refractivity contribution is 0.440. The third-order valence-corrected chi connectivity index (χ3v) is 5.30. The average molecular weight is 278 g/mol. The normalized spacial score (nSPS) is 20.0. The molecule has 0 bridgehead atoms. The molecule has 1 aromatic carbocycles. The average Bonchev–Trinajstić information content (AvgIpc) is 2.46. The molecule has 1 aliphatic rings. The maximum absolute atomic E-state index is 5.73. The molecule has 19 heavy (non-hydrogen) atoms. The number of hydrogen-bond donors (Lipinski definition) is 2. The second-order valence-electron chi connectivity index (χ2n) is 5.46. The maximum atomic E-state index is 5.73. The predicted molar refractivity (Wildman–Crippen MR) is 85.5 cm³/mol. The Morgan fingerprint density at radius 1 is 1.42 bits per heavy atom. The minimum atomic E-state index is 0.438. The molecule has 3 N–H and O–H groups in total. The first-order valence-electron chi connectivity index (χ1n) is 7.46. The molecule has 2 unspecified atom stereocenters.